The van der Waals surface area contributed by atoms with Gasteiger partial charge in [-0.05, 0) is 93.8 Å². The van der Waals surface area contributed by atoms with Gasteiger partial charge in [-0.1, -0.05) is 35.9 Å². The van der Waals surface area contributed by atoms with Crippen LogP contribution in [0.4, 0.5) is 4.79 Å². The first-order valence-electron chi connectivity index (χ1n) is 13.4. The number of aliphatic hydroxyl groups excluding tert-OH is 1. The highest BCUT2D eigenvalue weighted by molar-refractivity contribution is 7.91. The highest BCUT2D eigenvalue weighted by atomic mass is 35.5. The van der Waals surface area contributed by atoms with Gasteiger partial charge in [0.2, 0.25) is 9.84 Å². The molecule has 9 nitrogen and oxygen atoms in total. The maximum atomic E-state index is 13.2. The van der Waals surface area contributed by atoms with Crippen LogP contribution in [0.1, 0.15) is 44.9 Å². The Morgan fingerprint density at radius 3 is 2.17 bits per heavy atom. The summed E-state index contributed by atoms with van der Waals surface area (Å²) in [5, 5.41) is 11.3. The lowest BCUT2D eigenvalue weighted by Gasteiger charge is -2.29. The van der Waals surface area contributed by atoms with Gasteiger partial charge in [-0.3, -0.25) is 0 Å². The lowest BCUT2D eigenvalue weighted by molar-refractivity contribution is -0.145. The highest BCUT2D eigenvalue weighted by Gasteiger charge is 2.25. The maximum Gasteiger partial charge on any atom is 0.410 e. The van der Waals surface area contributed by atoms with Gasteiger partial charge in [0.1, 0.15) is 11.4 Å². The van der Waals surface area contributed by atoms with Crippen molar-refractivity contribution < 1.29 is 37.3 Å². The quantitative estimate of drug-likeness (QED) is 0.260. The number of benzene rings is 3. The smallest absolute Gasteiger partial charge is 0.410 e. The summed E-state index contributed by atoms with van der Waals surface area (Å²) in [6.45, 7) is 7.17. The van der Waals surface area contributed by atoms with E-state index in [4.69, 9.17) is 25.8 Å². The molecule has 11 heteroatoms. The van der Waals surface area contributed by atoms with Crippen molar-refractivity contribution in [1.82, 2.24) is 4.90 Å². The molecule has 0 aliphatic heterocycles. The van der Waals surface area contributed by atoms with Crippen molar-refractivity contribution in [2.75, 3.05) is 26.3 Å². The minimum Gasteiger partial charge on any atom is -0.482 e. The number of rotatable bonds is 12. The molecule has 0 bridgehead atoms. The van der Waals surface area contributed by atoms with Crippen LogP contribution in [0.25, 0.3) is 0 Å². The number of carbonyl (C=O) groups is 2. The fourth-order valence-corrected chi connectivity index (χ4v) is 5.37. The molecule has 3 aromatic rings. The van der Waals surface area contributed by atoms with Gasteiger partial charge in [0.25, 0.3) is 0 Å². The van der Waals surface area contributed by atoms with E-state index in [1.54, 1.807) is 64.1 Å². The van der Waals surface area contributed by atoms with E-state index in [0.29, 0.717) is 22.8 Å². The number of sulfone groups is 1. The Morgan fingerprint density at radius 1 is 0.976 bits per heavy atom. The third-order valence-corrected chi connectivity index (χ3v) is 8.00. The van der Waals surface area contributed by atoms with Crippen molar-refractivity contribution in [1.29, 1.82) is 0 Å². The number of amides is 1. The fraction of sp³-hybridized carbons (Fsp3) is 0.355. The number of carbonyl (C=O) groups excluding carboxylic acids is 2. The van der Waals surface area contributed by atoms with Gasteiger partial charge in [-0.25, -0.2) is 18.0 Å². The van der Waals surface area contributed by atoms with E-state index in [0.717, 1.165) is 5.56 Å². The van der Waals surface area contributed by atoms with Crippen LogP contribution < -0.4 is 4.74 Å². The summed E-state index contributed by atoms with van der Waals surface area (Å²) in [6.07, 6.45) is -1.16. The molecular weight excluding hydrogens is 582 g/mol. The van der Waals surface area contributed by atoms with E-state index in [1.165, 1.54) is 41.3 Å². The van der Waals surface area contributed by atoms with Gasteiger partial charge >= 0.3 is 12.1 Å². The lowest BCUT2D eigenvalue weighted by Crippen LogP contribution is -2.40. The van der Waals surface area contributed by atoms with Crippen molar-refractivity contribution >= 4 is 33.5 Å². The molecule has 0 aliphatic carbocycles. The maximum absolute atomic E-state index is 13.2. The zero-order valence-electron chi connectivity index (χ0n) is 24.1. The number of ether oxygens (including phenoxy) is 3. The number of esters is 1. The second-order valence-electron chi connectivity index (χ2n) is 10.5. The van der Waals surface area contributed by atoms with Gasteiger partial charge < -0.3 is 24.2 Å². The minimum absolute atomic E-state index is 0.0127. The van der Waals surface area contributed by atoms with E-state index < -0.39 is 33.6 Å². The van der Waals surface area contributed by atoms with Gasteiger partial charge in [-0.15, -0.1) is 0 Å². The number of nitrogens with zero attached hydrogens (tertiary/aromatic N) is 1. The van der Waals surface area contributed by atoms with Crippen LogP contribution in [0.2, 0.25) is 5.02 Å². The van der Waals surface area contributed by atoms with E-state index in [-0.39, 0.29) is 36.1 Å². The number of aliphatic hydroxyl groups is 1. The first kappa shape index (κ1) is 32.9. The average Bonchev–Trinajstić information content (AvgIpc) is 2.93. The molecular formula is C31H36ClNO8S. The normalized spacial score (nSPS) is 12.3. The van der Waals surface area contributed by atoms with Crippen LogP contribution in [0, 0.1) is 0 Å². The molecule has 226 valence electrons. The van der Waals surface area contributed by atoms with Gasteiger partial charge in [-0.2, -0.15) is 0 Å². The summed E-state index contributed by atoms with van der Waals surface area (Å²) in [4.78, 5) is 26.0. The molecule has 3 rings (SSSR count). The van der Waals surface area contributed by atoms with E-state index in [2.05, 4.69) is 0 Å². The Labute approximate surface area is 251 Å². The monoisotopic (exact) mass is 617 g/mol. The summed E-state index contributed by atoms with van der Waals surface area (Å²) in [6, 6.07) is 19.0. The van der Waals surface area contributed by atoms with Crippen LogP contribution in [0.3, 0.4) is 0 Å². The van der Waals surface area contributed by atoms with Crippen LogP contribution in [-0.4, -0.2) is 62.4 Å². The number of hydrogen-bond donors (Lipinski definition) is 1. The first-order valence-corrected chi connectivity index (χ1v) is 15.3. The Kier molecular flexibility index (Phi) is 11.4. The largest absolute Gasteiger partial charge is 0.482 e. The van der Waals surface area contributed by atoms with Crippen LogP contribution >= 0.6 is 11.6 Å². The molecule has 0 saturated carbocycles. The molecule has 0 fully saturated rings. The topological polar surface area (TPSA) is 119 Å². The van der Waals surface area contributed by atoms with E-state index >= 15 is 0 Å². The highest BCUT2D eigenvalue weighted by Crippen LogP contribution is 2.24. The molecule has 3 aromatic carbocycles. The zero-order chi connectivity index (χ0) is 30.9. The zero-order valence-corrected chi connectivity index (χ0v) is 25.7. The predicted octanol–water partition coefficient (Wildman–Crippen LogP) is 5.63. The standard InChI is InChI=1S/C31H36ClNO8S/c1-5-39-29(35)21-40-25-11-15-27(16-12-25)42(37,38)26-13-9-22(10-14-26)17-18-33(30(36)41-31(2,3)4)20-28(34)23-7-6-8-24(32)19-23/h6-16,19,28,34H,5,17-18,20-21H2,1-4H3. The molecule has 1 amide bonds. The van der Waals surface area contributed by atoms with Crippen molar-refractivity contribution in [3.05, 3.63) is 88.9 Å². The molecule has 0 aromatic heterocycles. The fourth-order valence-electron chi connectivity index (χ4n) is 3.91. The van der Waals surface area contributed by atoms with Crippen molar-refractivity contribution in [2.24, 2.45) is 0 Å². The second-order valence-corrected chi connectivity index (χ2v) is 12.8. The van der Waals surface area contributed by atoms with Crippen LogP contribution in [0.15, 0.2) is 82.6 Å². The lowest BCUT2D eigenvalue weighted by atomic mass is 10.1. The summed E-state index contributed by atoms with van der Waals surface area (Å²) in [5.41, 5.74) is 0.643. The van der Waals surface area contributed by atoms with Crippen LogP contribution in [0.5, 0.6) is 5.75 Å². The van der Waals surface area contributed by atoms with Crippen molar-refractivity contribution in [2.45, 2.75) is 55.6 Å². The summed E-state index contributed by atoms with van der Waals surface area (Å²) < 4.78 is 42.0. The Bertz CT molecular complexity index is 1450. The number of hydrogen-bond acceptors (Lipinski definition) is 8. The first-order chi connectivity index (χ1) is 19.8. The van der Waals surface area contributed by atoms with Crippen molar-refractivity contribution in [3.8, 4) is 5.75 Å². The molecule has 1 atom stereocenters. The summed E-state index contributed by atoms with van der Waals surface area (Å²) in [7, 11) is -3.80. The minimum atomic E-state index is -3.80. The molecule has 0 heterocycles. The summed E-state index contributed by atoms with van der Waals surface area (Å²) >= 11 is 6.06. The van der Waals surface area contributed by atoms with Crippen molar-refractivity contribution in [3.63, 3.8) is 0 Å². The molecule has 42 heavy (non-hydrogen) atoms. The second kappa shape index (κ2) is 14.5. The Morgan fingerprint density at radius 2 is 1.60 bits per heavy atom. The molecule has 1 N–H and O–H groups in total. The number of halogens is 1. The Balaban J connectivity index is 1.68. The molecule has 0 spiro atoms. The van der Waals surface area contributed by atoms with Crippen LogP contribution in [-0.2, 0) is 30.5 Å². The van der Waals surface area contributed by atoms with Gasteiger partial charge in [0.05, 0.1) is 29.0 Å². The molecule has 0 radical (unpaired) electrons. The van der Waals surface area contributed by atoms with E-state index in [9.17, 15) is 23.1 Å². The SMILES string of the molecule is CCOC(=O)COc1ccc(S(=O)(=O)c2ccc(CCN(CC(O)c3cccc(Cl)c3)C(=O)OC(C)(C)C)cc2)cc1. The Hall–Kier alpha value is -3.60. The van der Waals surface area contributed by atoms with Gasteiger partial charge in [0.15, 0.2) is 6.61 Å². The third kappa shape index (κ3) is 9.75. The van der Waals surface area contributed by atoms with Gasteiger partial charge in [0, 0.05) is 11.6 Å². The molecule has 0 saturated heterocycles. The molecule has 1 unspecified atom stereocenters. The summed E-state index contributed by atoms with van der Waals surface area (Å²) in [5.74, 6) is -0.173. The average molecular weight is 618 g/mol. The molecule has 0 aliphatic rings. The third-order valence-electron chi connectivity index (χ3n) is 5.98. The predicted molar refractivity (Wildman–Crippen MR) is 158 cm³/mol. The van der Waals surface area contributed by atoms with E-state index in [1.807, 2.05) is 0 Å².